The fraction of sp³-hybridized carbons (Fsp3) is 0.529. The van der Waals surface area contributed by atoms with Crippen molar-refractivity contribution in [1.82, 2.24) is 0 Å². The number of rotatable bonds is 4. The highest BCUT2D eigenvalue weighted by Crippen LogP contribution is 2.52. The van der Waals surface area contributed by atoms with Gasteiger partial charge in [-0.2, -0.15) is 0 Å². The minimum atomic E-state index is -0.491. The van der Waals surface area contributed by atoms with Crippen molar-refractivity contribution in [2.45, 2.75) is 107 Å². The Bertz CT molecular complexity index is 1270. The fourth-order valence-electron chi connectivity index (χ4n) is 6.97. The van der Waals surface area contributed by atoms with Crippen molar-refractivity contribution >= 4 is 23.1 Å². The summed E-state index contributed by atoms with van der Waals surface area (Å²) in [5.41, 5.74) is 5.75. The average molecular weight is 517 g/mol. The Morgan fingerprint density at radius 3 is 1.16 bits per heavy atom. The van der Waals surface area contributed by atoms with Gasteiger partial charge in [0.2, 0.25) is 0 Å². The molecule has 0 saturated heterocycles. The van der Waals surface area contributed by atoms with E-state index in [1.54, 1.807) is 0 Å². The van der Waals surface area contributed by atoms with Gasteiger partial charge in [0, 0.05) is 22.3 Å². The summed E-state index contributed by atoms with van der Waals surface area (Å²) in [6, 6.07) is 8.16. The highest BCUT2D eigenvalue weighted by molar-refractivity contribution is 6.41. The first-order chi connectivity index (χ1) is 17.2. The summed E-state index contributed by atoms with van der Waals surface area (Å²) in [5, 5.41) is 0. The van der Waals surface area contributed by atoms with Crippen molar-refractivity contribution in [3.05, 3.63) is 57.6 Å². The van der Waals surface area contributed by atoms with Crippen molar-refractivity contribution < 1.29 is 19.1 Å². The molecular weight excluding hydrogens is 472 g/mol. The number of ether oxygens (including phenoxy) is 2. The Morgan fingerprint density at radius 1 is 0.553 bits per heavy atom. The van der Waals surface area contributed by atoms with E-state index in [9.17, 15) is 9.59 Å². The zero-order valence-corrected chi connectivity index (χ0v) is 25.4. The second-order valence-electron chi connectivity index (χ2n) is 15.2. The minimum absolute atomic E-state index is 0.0893. The van der Waals surface area contributed by atoms with Gasteiger partial charge in [-0.3, -0.25) is 0 Å². The number of hydrogen-bond donors (Lipinski definition) is 0. The van der Waals surface area contributed by atoms with Crippen LogP contribution in [0.2, 0.25) is 0 Å². The number of hydrogen-bond acceptors (Lipinski definition) is 4. The molecule has 2 aromatic rings. The maximum atomic E-state index is 13.5. The molecule has 38 heavy (non-hydrogen) atoms. The Labute approximate surface area is 228 Å². The number of esters is 2. The fourth-order valence-corrected chi connectivity index (χ4v) is 6.97. The average Bonchev–Trinajstić information content (AvgIpc) is 3.17. The molecule has 4 heteroatoms. The summed E-state index contributed by atoms with van der Waals surface area (Å²) >= 11 is 0. The molecule has 0 N–H and O–H groups in total. The number of fused-ring (bicyclic) bond motifs is 2. The SMILES string of the molecule is Cc1cc2c(c(C(C)(C)CC(C)(C)C)c1)OC(=O)/C2=C1/C(=O)Oc2c1cc(C)cc2C(C)(C)CC(C)(C)C. The zero-order valence-electron chi connectivity index (χ0n) is 25.4. The Balaban J connectivity index is 1.96. The van der Waals surface area contributed by atoms with Crippen LogP contribution in [0.4, 0.5) is 0 Å². The molecule has 0 amide bonds. The minimum Gasteiger partial charge on any atom is -0.422 e. The smallest absolute Gasteiger partial charge is 0.345 e. The lowest BCUT2D eigenvalue weighted by atomic mass is 9.71. The molecule has 204 valence electrons. The first kappa shape index (κ1) is 28.1. The molecule has 0 radical (unpaired) electrons. The van der Waals surface area contributed by atoms with Gasteiger partial charge in [-0.25, -0.2) is 9.59 Å². The number of carbonyl (C=O) groups is 2. The molecule has 2 heterocycles. The standard InChI is InChI=1S/C34H44O4/c1-19-13-21-25(29(35)37-27(21)23(15-19)33(9,10)17-31(3,4)5)26-22-14-20(2)16-24(28(22)38-30(26)36)34(11,12)18-32(6,7)8/h13-16H,17-18H2,1-12H3/b26-25+. The number of carbonyl (C=O) groups excluding carboxylic acids is 2. The van der Waals surface area contributed by atoms with Crippen LogP contribution in [0.15, 0.2) is 24.3 Å². The third-order valence-corrected chi connectivity index (χ3v) is 7.46. The summed E-state index contributed by atoms with van der Waals surface area (Å²) < 4.78 is 11.9. The van der Waals surface area contributed by atoms with E-state index in [1.165, 1.54) is 0 Å². The van der Waals surface area contributed by atoms with Gasteiger partial charge in [-0.15, -0.1) is 0 Å². The first-order valence-electron chi connectivity index (χ1n) is 13.7. The molecule has 0 saturated carbocycles. The summed E-state index contributed by atoms with van der Waals surface area (Å²) in [6.07, 6.45) is 1.82. The molecular formula is C34H44O4. The highest BCUT2D eigenvalue weighted by atomic mass is 16.5. The van der Waals surface area contributed by atoms with Crippen LogP contribution >= 0.6 is 0 Å². The quantitative estimate of drug-likeness (QED) is 0.232. The predicted octanol–water partition coefficient (Wildman–Crippen LogP) is 8.48. The molecule has 0 bridgehead atoms. The van der Waals surface area contributed by atoms with Crippen LogP contribution in [-0.2, 0) is 20.4 Å². The molecule has 2 aliphatic rings. The maximum Gasteiger partial charge on any atom is 0.345 e. The monoisotopic (exact) mass is 516 g/mol. The molecule has 0 fully saturated rings. The summed E-state index contributed by atoms with van der Waals surface area (Å²) in [5.74, 6) is 0.157. The largest absolute Gasteiger partial charge is 0.422 e. The molecule has 0 spiro atoms. The van der Waals surface area contributed by atoms with Gasteiger partial charge in [0.15, 0.2) is 0 Å². The van der Waals surface area contributed by atoms with Crippen LogP contribution in [0.3, 0.4) is 0 Å². The van der Waals surface area contributed by atoms with Gasteiger partial charge in [-0.05, 0) is 71.6 Å². The van der Waals surface area contributed by atoms with Crippen LogP contribution in [0.5, 0.6) is 11.5 Å². The molecule has 2 aromatic carbocycles. The highest BCUT2D eigenvalue weighted by Gasteiger charge is 2.44. The van der Waals surface area contributed by atoms with E-state index in [0.717, 1.165) is 35.1 Å². The summed E-state index contributed by atoms with van der Waals surface area (Å²) in [7, 11) is 0. The molecule has 4 rings (SSSR count). The topological polar surface area (TPSA) is 52.6 Å². The number of aryl methyl sites for hydroxylation is 2. The second kappa shape index (κ2) is 8.83. The van der Waals surface area contributed by atoms with Gasteiger partial charge < -0.3 is 9.47 Å². The van der Waals surface area contributed by atoms with Gasteiger partial charge >= 0.3 is 11.9 Å². The molecule has 0 aliphatic carbocycles. The summed E-state index contributed by atoms with van der Waals surface area (Å²) in [4.78, 5) is 27.0. The Kier molecular flexibility index (Phi) is 6.53. The van der Waals surface area contributed by atoms with E-state index in [-0.39, 0.29) is 21.7 Å². The van der Waals surface area contributed by atoms with E-state index in [2.05, 4.69) is 81.4 Å². The third-order valence-electron chi connectivity index (χ3n) is 7.46. The van der Waals surface area contributed by atoms with E-state index in [0.29, 0.717) is 33.8 Å². The lowest BCUT2D eigenvalue weighted by molar-refractivity contribution is -0.129. The van der Waals surface area contributed by atoms with Crippen LogP contribution in [-0.4, -0.2) is 11.9 Å². The van der Waals surface area contributed by atoms with Crippen molar-refractivity contribution in [3.8, 4) is 11.5 Å². The maximum absolute atomic E-state index is 13.5. The molecule has 4 nitrogen and oxygen atoms in total. The molecule has 2 aliphatic heterocycles. The van der Waals surface area contributed by atoms with Crippen molar-refractivity contribution in [1.29, 1.82) is 0 Å². The Hall–Kier alpha value is -2.88. The molecule has 0 atom stereocenters. The lowest BCUT2D eigenvalue weighted by Gasteiger charge is -2.34. The van der Waals surface area contributed by atoms with Crippen molar-refractivity contribution in [2.75, 3.05) is 0 Å². The number of benzene rings is 2. The first-order valence-corrected chi connectivity index (χ1v) is 13.7. The van der Waals surface area contributed by atoms with Crippen LogP contribution in [0.25, 0.3) is 11.1 Å². The van der Waals surface area contributed by atoms with Gasteiger partial charge in [-0.1, -0.05) is 81.4 Å². The Morgan fingerprint density at radius 2 is 0.868 bits per heavy atom. The van der Waals surface area contributed by atoms with Crippen LogP contribution < -0.4 is 9.47 Å². The van der Waals surface area contributed by atoms with E-state index < -0.39 is 11.9 Å². The van der Waals surface area contributed by atoms with Gasteiger partial charge in [0.25, 0.3) is 0 Å². The van der Waals surface area contributed by atoms with Crippen molar-refractivity contribution in [3.63, 3.8) is 0 Å². The van der Waals surface area contributed by atoms with Crippen LogP contribution in [0, 0.1) is 24.7 Å². The van der Waals surface area contributed by atoms with E-state index in [1.807, 2.05) is 26.0 Å². The predicted molar refractivity (Wildman–Crippen MR) is 155 cm³/mol. The van der Waals surface area contributed by atoms with Gasteiger partial charge in [0.1, 0.15) is 11.5 Å². The van der Waals surface area contributed by atoms with Crippen molar-refractivity contribution in [2.24, 2.45) is 10.8 Å². The summed E-state index contributed by atoms with van der Waals surface area (Å²) in [6.45, 7) is 26.1. The molecule has 0 aromatic heterocycles. The van der Waals surface area contributed by atoms with E-state index in [4.69, 9.17) is 9.47 Å². The zero-order chi connectivity index (χ0) is 28.6. The second-order valence-corrected chi connectivity index (χ2v) is 15.2. The lowest BCUT2D eigenvalue weighted by Crippen LogP contribution is -2.25. The third kappa shape index (κ3) is 5.19. The van der Waals surface area contributed by atoms with E-state index >= 15 is 0 Å². The van der Waals surface area contributed by atoms with Crippen LogP contribution in [0.1, 0.15) is 115 Å². The normalized spacial score (nSPS) is 17.9. The van der Waals surface area contributed by atoms with Gasteiger partial charge in [0.05, 0.1) is 11.1 Å². The molecule has 0 unspecified atom stereocenters.